The van der Waals surface area contributed by atoms with E-state index in [1.54, 1.807) is 6.08 Å². The number of unbranched alkanes of at least 4 members (excludes halogenated alkanes) is 18. The highest BCUT2D eigenvalue weighted by molar-refractivity contribution is 7.47. The zero-order valence-corrected chi connectivity index (χ0v) is 34.4. The Kier molecular flexibility index (Phi) is 28.5. The average Bonchev–Trinajstić information content (AvgIpc) is 3.83. The predicted molar refractivity (Wildman–Crippen MR) is 212 cm³/mol. The van der Waals surface area contributed by atoms with Crippen molar-refractivity contribution in [1.29, 1.82) is 0 Å². The van der Waals surface area contributed by atoms with E-state index >= 15 is 0 Å². The maximum Gasteiger partial charge on any atom is 0.472 e. The first-order valence-electron chi connectivity index (χ1n) is 20.8. The molecule has 1 aliphatic rings. The molecule has 10 heteroatoms. The van der Waals surface area contributed by atoms with Gasteiger partial charge in [-0.15, -0.1) is 0 Å². The Morgan fingerprint density at radius 2 is 1.31 bits per heavy atom. The summed E-state index contributed by atoms with van der Waals surface area (Å²) >= 11 is 0. The molecule has 1 rings (SSSR count). The Morgan fingerprint density at radius 3 is 1.96 bits per heavy atom. The van der Waals surface area contributed by atoms with Gasteiger partial charge in [0.1, 0.15) is 13.2 Å². The Morgan fingerprint density at radius 1 is 0.765 bits per heavy atom. The molecule has 300 valence electrons. The molecule has 0 spiro atoms. The topological polar surface area (TPSA) is 118 Å². The van der Waals surface area contributed by atoms with Gasteiger partial charge in [-0.3, -0.25) is 13.8 Å². The van der Waals surface area contributed by atoms with E-state index in [0.29, 0.717) is 29.7 Å². The lowest BCUT2D eigenvalue weighted by atomic mass is 10.0. The summed E-state index contributed by atoms with van der Waals surface area (Å²) in [5.74, 6) is -0.197. The van der Waals surface area contributed by atoms with Gasteiger partial charge in [0, 0.05) is 6.42 Å². The first-order valence-corrected chi connectivity index (χ1v) is 22.3. The summed E-state index contributed by atoms with van der Waals surface area (Å²) < 4.78 is 29.3. The molecule has 0 bridgehead atoms. The Hall–Kier alpha value is -1.06. The van der Waals surface area contributed by atoms with E-state index in [-0.39, 0.29) is 19.1 Å². The van der Waals surface area contributed by atoms with E-state index in [1.807, 2.05) is 27.2 Å². The fourth-order valence-electron chi connectivity index (χ4n) is 6.10. The van der Waals surface area contributed by atoms with Crippen molar-refractivity contribution in [3.8, 4) is 0 Å². The van der Waals surface area contributed by atoms with Crippen LogP contribution in [0.3, 0.4) is 0 Å². The normalized spacial score (nSPS) is 18.7. The third kappa shape index (κ3) is 30.0. The van der Waals surface area contributed by atoms with Gasteiger partial charge in [-0.25, -0.2) is 4.57 Å². The van der Waals surface area contributed by atoms with E-state index in [9.17, 15) is 19.4 Å². The first-order chi connectivity index (χ1) is 24.5. The van der Waals surface area contributed by atoms with Crippen molar-refractivity contribution in [2.45, 2.75) is 192 Å². The lowest BCUT2D eigenvalue weighted by molar-refractivity contribution is -0.870. The summed E-state index contributed by atoms with van der Waals surface area (Å²) in [5.41, 5.74) is 0. The summed E-state index contributed by atoms with van der Waals surface area (Å²) in [4.78, 5) is 23.1. The number of aliphatic hydroxyl groups is 1. The highest BCUT2D eigenvalue weighted by Gasteiger charge is 2.36. The van der Waals surface area contributed by atoms with Crippen LogP contribution in [0.15, 0.2) is 24.3 Å². The molecule has 1 fully saturated rings. The minimum atomic E-state index is -4.34. The van der Waals surface area contributed by atoms with Crippen LogP contribution >= 0.6 is 7.82 Å². The van der Waals surface area contributed by atoms with Crippen molar-refractivity contribution in [3.63, 3.8) is 0 Å². The number of aliphatic hydroxyl groups excluding tert-OH is 1. The summed E-state index contributed by atoms with van der Waals surface area (Å²) in [7, 11) is 1.55. The molecule has 0 aromatic heterocycles. The van der Waals surface area contributed by atoms with Crippen LogP contribution in [-0.4, -0.2) is 85.6 Å². The van der Waals surface area contributed by atoms with Crippen molar-refractivity contribution in [3.05, 3.63) is 24.3 Å². The van der Waals surface area contributed by atoms with Gasteiger partial charge in [0.2, 0.25) is 5.91 Å². The molecule has 9 nitrogen and oxygen atoms in total. The molecule has 0 radical (unpaired) electrons. The quantitative estimate of drug-likeness (QED) is 0.0192. The standard InChI is InChI=1S/C41H79N2O7P/c1-6-8-10-12-14-15-16-17-18-19-20-22-26-30-38(44)37(36-49-51(46,47)48-35-34-43(3,4)5)42-41(45)33-29-25-21-24-28-32-40-39(50-40)31-27-23-13-11-9-7-2/h23,26-27,30,37-40,44H,6-22,24-25,28-29,31-36H2,1-5H3,(H-,42,45,46,47)/p+1/b27-23-,30-26+/t37-,38+,39?,40?/m0/s1. The summed E-state index contributed by atoms with van der Waals surface area (Å²) in [6.07, 6.45) is 35.4. The Balaban J connectivity index is 2.36. The van der Waals surface area contributed by atoms with Crippen LogP contribution in [0.1, 0.15) is 168 Å². The van der Waals surface area contributed by atoms with Gasteiger partial charge < -0.3 is 24.5 Å². The van der Waals surface area contributed by atoms with Gasteiger partial charge >= 0.3 is 7.82 Å². The van der Waals surface area contributed by atoms with Crippen molar-refractivity contribution >= 4 is 13.7 Å². The molecule has 5 atom stereocenters. The number of hydrogen-bond acceptors (Lipinski definition) is 6. The van der Waals surface area contributed by atoms with Gasteiger partial charge in [0.05, 0.1) is 52.1 Å². The van der Waals surface area contributed by atoms with Gasteiger partial charge in [0.15, 0.2) is 0 Å². The zero-order valence-electron chi connectivity index (χ0n) is 33.5. The summed E-state index contributed by atoms with van der Waals surface area (Å²) in [6.45, 7) is 4.74. The van der Waals surface area contributed by atoms with Crippen LogP contribution in [0.4, 0.5) is 0 Å². The number of nitrogens with one attached hydrogen (secondary N) is 1. The minimum Gasteiger partial charge on any atom is -0.387 e. The van der Waals surface area contributed by atoms with Crippen LogP contribution in [0.2, 0.25) is 0 Å². The number of rotatable bonds is 36. The number of phosphoric acid groups is 1. The number of phosphoric ester groups is 1. The first kappa shape index (κ1) is 48.0. The lowest BCUT2D eigenvalue weighted by Gasteiger charge is -2.25. The molecule has 0 aliphatic carbocycles. The molecule has 3 N–H and O–H groups in total. The molecule has 0 aromatic rings. The molecule has 1 amide bonds. The maximum atomic E-state index is 12.8. The van der Waals surface area contributed by atoms with Crippen LogP contribution in [0.25, 0.3) is 0 Å². The van der Waals surface area contributed by atoms with Crippen molar-refractivity contribution in [2.24, 2.45) is 0 Å². The van der Waals surface area contributed by atoms with Crippen molar-refractivity contribution < 1.29 is 37.6 Å². The molecular weight excluding hydrogens is 663 g/mol. The number of amides is 1. The second-order valence-corrected chi connectivity index (χ2v) is 17.2. The number of epoxide rings is 1. The number of likely N-dealkylation sites (N-methyl/N-ethyl adjacent to an activating group) is 1. The largest absolute Gasteiger partial charge is 0.472 e. The van der Waals surface area contributed by atoms with E-state index in [1.165, 1.54) is 83.5 Å². The highest BCUT2D eigenvalue weighted by atomic mass is 31.2. The van der Waals surface area contributed by atoms with Crippen LogP contribution in [-0.2, 0) is 23.1 Å². The van der Waals surface area contributed by atoms with Gasteiger partial charge in [0.25, 0.3) is 0 Å². The van der Waals surface area contributed by atoms with Crippen molar-refractivity contribution in [1.82, 2.24) is 5.32 Å². The number of nitrogens with zero attached hydrogens (tertiary/aromatic N) is 1. The highest BCUT2D eigenvalue weighted by Crippen LogP contribution is 2.43. The van der Waals surface area contributed by atoms with Crippen LogP contribution in [0.5, 0.6) is 0 Å². The summed E-state index contributed by atoms with van der Waals surface area (Å²) in [5, 5.41) is 13.8. The van der Waals surface area contributed by atoms with Crippen molar-refractivity contribution in [2.75, 3.05) is 40.9 Å². The molecule has 0 aromatic carbocycles. The maximum absolute atomic E-state index is 12.8. The monoisotopic (exact) mass is 744 g/mol. The second-order valence-electron chi connectivity index (χ2n) is 15.8. The average molecular weight is 744 g/mol. The predicted octanol–water partition coefficient (Wildman–Crippen LogP) is 9.95. The third-order valence-electron chi connectivity index (χ3n) is 9.59. The second kappa shape index (κ2) is 30.3. The number of allylic oxidation sites excluding steroid dienone is 2. The van der Waals surface area contributed by atoms with Crippen LogP contribution < -0.4 is 5.32 Å². The van der Waals surface area contributed by atoms with Crippen LogP contribution in [0, 0.1) is 0 Å². The summed E-state index contributed by atoms with van der Waals surface area (Å²) in [6, 6.07) is -0.855. The zero-order chi connectivity index (χ0) is 37.6. The molecule has 1 aliphatic heterocycles. The number of ether oxygens (including phenoxy) is 1. The smallest absolute Gasteiger partial charge is 0.387 e. The minimum absolute atomic E-state index is 0.0561. The molecule has 1 saturated heterocycles. The third-order valence-corrected chi connectivity index (χ3v) is 10.6. The number of carbonyl (C=O) groups excluding carboxylic acids is 1. The fraction of sp³-hybridized carbons (Fsp3) is 0.878. The van der Waals surface area contributed by atoms with Gasteiger partial charge in [-0.05, 0) is 44.9 Å². The van der Waals surface area contributed by atoms with E-state index < -0.39 is 20.0 Å². The lowest BCUT2D eigenvalue weighted by Crippen LogP contribution is -2.45. The number of quaternary nitrogens is 1. The molecular formula is C41H80N2O7P+. The van der Waals surface area contributed by atoms with Gasteiger partial charge in [-0.2, -0.15) is 0 Å². The van der Waals surface area contributed by atoms with E-state index in [0.717, 1.165) is 64.2 Å². The van der Waals surface area contributed by atoms with E-state index in [4.69, 9.17) is 13.8 Å². The number of carbonyl (C=O) groups is 1. The fourth-order valence-corrected chi connectivity index (χ4v) is 6.84. The molecule has 1 heterocycles. The Labute approximate surface area is 313 Å². The van der Waals surface area contributed by atoms with E-state index in [2.05, 4.69) is 31.3 Å². The SMILES string of the molecule is CCCCC/C=C\CC1OC1CCCCCCCC(=O)N[C@@H](COP(=O)(O)OCC[N+](C)(C)C)[C@H](O)/C=C/CCCCCCCCCCCCC. The Bertz CT molecular complexity index is 955. The molecule has 3 unspecified atom stereocenters. The molecule has 0 saturated carbocycles. The number of hydrogen-bond donors (Lipinski definition) is 3. The molecule has 51 heavy (non-hydrogen) atoms. The van der Waals surface area contributed by atoms with Gasteiger partial charge in [-0.1, -0.05) is 141 Å².